The maximum Gasteiger partial charge on any atom is 0.188 e. The molecular weight excluding hydrogens is 382 g/mol. The molecule has 1 aliphatic carbocycles. The second kappa shape index (κ2) is 7.59. The van der Waals surface area contributed by atoms with E-state index in [1.54, 1.807) is 18.2 Å². The summed E-state index contributed by atoms with van der Waals surface area (Å²) in [5.41, 5.74) is 0.669. The molecule has 0 amide bonds. The van der Waals surface area contributed by atoms with Gasteiger partial charge in [-0.05, 0) is 56.5 Å². The monoisotopic (exact) mass is 404 g/mol. The SMILES string of the molecule is C=CC[C@@H]1C[C@](c2cc(F)ccc2F)(S(=O)(=O)c2ccc(C)cc2)CCC1=O. The molecule has 2 aromatic rings. The minimum absolute atomic E-state index is 0.0143. The maximum atomic E-state index is 14.8. The highest BCUT2D eigenvalue weighted by atomic mass is 32.2. The molecule has 3 nitrogen and oxygen atoms in total. The standard InChI is InChI=1S/C22H22F2O3S/c1-3-4-16-14-22(12-11-21(16)25,19-13-17(23)7-10-20(19)24)28(26,27)18-8-5-15(2)6-9-18/h3,5-10,13,16H,1,4,11-12,14H2,2H3/t16-,22-/m1/s1. The van der Waals surface area contributed by atoms with E-state index in [0.29, 0.717) is 6.42 Å². The largest absolute Gasteiger partial charge is 0.299 e. The minimum atomic E-state index is -4.10. The van der Waals surface area contributed by atoms with Gasteiger partial charge in [-0.1, -0.05) is 23.8 Å². The van der Waals surface area contributed by atoms with E-state index in [0.717, 1.165) is 23.8 Å². The molecule has 28 heavy (non-hydrogen) atoms. The lowest BCUT2D eigenvalue weighted by Crippen LogP contribution is -2.44. The summed E-state index contributed by atoms with van der Waals surface area (Å²) in [5.74, 6) is -2.18. The number of aryl methyl sites for hydroxylation is 1. The average molecular weight is 404 g/mol. The van der Waals surface area contributed by atoms with Crippen molar-refractivity contribution < 1.29 is 22.0 Å². The zero-order valence-electron chi connectivity index (χ0n) is 15.6. The summed E-state index contributed by atoms with van der Waals surface area (Å²) in [4.78, 5) is 12.4. The molecule has 0 N–H and O–H groups in total. The molecule has 0 heterocycles. The van der Waals surface area contributed by atoms with Crippen molar-refractivity contribution >= 4 is 15.6 Å². The highest BCUT2D eigenvalue weighted by Crippen LogP contribution is 2.49. The van der Waals surface area contributed by atoms with Gasteiger partial charge in [0.25, 0.3) is 0 Å². The third kappa shape index (κ3) is 3.41. The summed E-state index contributed by atoms with van der Waals surface area (Å²) in [6.07, 6.45) is 1.64. The molecule has 2 atom stereocenters. The Kier molecular flexibility index (Phi) is 5.53. The van der Waals surface area contributed by atoms with Crippen LogP contribution in [0.2, 0.25) is 0 Å². The third-order valence-corrected chi connectivity index (χ3v) is 8.04. The number of carbonyl (C=O) groups is 1. The molecule has 1 saturated carbocycles. The van der Waals surface area contributed by atoms with Gasteiger partial charge in [0.1, 0.15) is 22.2 Å². The Morgan fingerprint density at radius 2 is 1.86 bits per heavy atom. The van der Waals surface area contributed by atoms with E-state index in [-0.39, 0.29) is 35.5 Å². The van der Waals surface area contributed by atoms with Crippen LogP contribution in [0.1, 0.15) is 36.8 Å². The number of Topliss-reactive ketones (excluding diaryl/α,β-unsaturated/α-hetero) is 1. The summed E-state index contributed by atoms with van der Waals surface area (Å²) < 4.78 is 54.5. The summed E-state index contributed by atoms with van der Waals surface area (Å²) >= 11 is 0. The number of hydrogen-bond acceptors (Lipinski definition) is 3. The van der Waals surface area contributed by atoms with Gasteiger partial charge < -0.3 is 0 Å². The zero-order valence-corrected chi connectivity index (χ0v) is 16.4. The molecule has 0 radical (unpaired) electrons. The Balaban J connectivity index is 2.25. The zero-order chi connectivity index (χ0) is 20.5. The molecular formula is C22H22F2O3S. The van der Waals surface area contributed by atoms with Crippen LogP contribution in [-0.2, 0) is 19.4 Å². The molecule has 3 rings (SSSR count). The van der Waals surface area contributed by atoms with E-state index in [1.165, 1.54) is 12.1 Å². The van der Waals surface area contributed by atoms with Gasteiger partial charge in [-0.3, -0.25) is 4.79 Å². The van der Waals surface area contributed by atoms with Gasteiger partial charge in [0.05, 0.1) is 4.90 Å². The summed E-state index contributed by atoms with van der Waals surface area (Å²) in [6, 6.07) is 9.12. The molecule has 1 fully saturated rings. The summed E-state index contributed by atoms with van der Waals surface area (Å²) in [5, 5.41) is 0. The van der Waals surface area contributed by atoms with Gasteiger partial charge in [-0.25, -0.2) is 17.2 Å². The smallest absolute Gasteiger partial charge is 0.188 e. The van der Waals surface area contributed by atoms with Crippen LogP contribution in [0.15, 0.2) is 60.0 Å². The van der Waals surface area contributed by atoms with Crippen molar-refractivity contribution in [2.75, 3.05) is 0 Å². The first-order valence-corrected chi connectivity index (χ1v) is 10.6. The van der Waals surface area contributed by atoms with Crippen molar-refractivity contribution in [1.29, 1.82) is 0 Å². The molecule has 0 unspecified atom stereocenters. The first-order chi connectivity index (χ1) is 13.2. The van der Waals surface area contributed by atoms with Crippen LogP contribution < -0.4 is 0 Å². The van der Waals surface area contributed by atoms with Gasteiger partial charge >= 0.3 is 0 Å². The molecule has 1 aliphatic rings. The molecule has 148 valence electrons. The van der Waals surface area contributed by atoms with Crippen LogP contribution in [0.25, 0.3) is 0 Å². The molecule has 0 aliphatic heterocycles. The number of hydrogen-bond donors (Lipinski definition) is 0. The average Bonchev–Trinajstić information content (AvgIpc) is 2.66. The molecule has 0 aromatic heterocycles. The van der Waals surface area contributed by atoms with Gasteiger partial charge in [0, 0.05) is 17.9 Å². The van der Waals surface area contributed by atoms with Crippen LogP contribution in [0.3, 0.4) is 0 Å². The predicted molar refractivity (Wildman–Crippen MR) is 104 cm³/mol. The van der Waals surface area contributed by atoms with Crippen LogP contribution >= 0.6 is 0 Å². The predicted octanol–water partition coefficient (Wildman–Crippen LogP) is 4.89. The Hall–Kier alpha value is -2.34. The van der Waals surface area contributed by atoms with Crippen molar-refractivity contribution in [2.45, 2.75) is 42.2 Å². The second-order valence-corrected chi connectivity index (χ2v) is 9.59. The summed E-state index contributed by atoms with van der Waals surface area (Å²) in [7, 11) is -4.10. The topological polar surface area (TPSA) is 51.2 Å². The molecule has 0 saturated heterocycles. The number of allylic oxidation sites excluding steroid dienone is 1. The van der Waals surface area contributed by atoms with Crippen LogP contribution in [0, 0.1) is 24.5 Å². The van der Waals surface area contributed by atoms with Crippen LogP contribution in [0.5, 0.6) is 0 Å². The van der Waals surface area contributed by atoms with Crippen molar-refractivity contribution in [3.8, 4) is 0 Å². The number of sulfone groups is 1. The lowest BCUT2D eigenvalue weighted by atomic mass is 9.75. The van der Waals surface area contributed by atoms with E-state index in [9.17, 15) is 22.0 Å². The van der Waals surface area contributed by atoms with Gasteiger partial charge in [0.15, 0.2) is 9.84 Å². The van der Waals surface area contributed by atoms with Crippen molar-refractivity contribution in [1.82, 2.24) is 0 Å². The Labute approximate surface area is 164 Å². The number of rotatable bonds is 5. The fraction of sp³-hybridized carbons (Fsp3) is 0.318. The summed E-state index contributed by atoms with van der Waals surface area (Å²) in [6.45, 7) is 5.47. The van der Waals surface area contributed by atoms with Crippen molar-refractivity contribution in [3.05, 3.63) is 77.9 Å². The normalized spacial score (nSPS) is 22.8. The van der Waals surface area contributed by atoms with E-state index < -0.39 is 32.1 Å². The molecule has 0 spiro atoms. The van der Waals surface area contributed by atoms with Crippen LogP contribution in [0.4, 0.5) is 8.78 Å². The first-order valence-electron chi connectivity index (χ1n) is 9.12. The number of ketones is 1. The minimum Gasteiger partial charge on any atom is -0.299 e. The Bertz CT molecular complexity index is 1010. The molecule has 0 bridgehead atoms. The molecule has 2 aromatic carbocycles. The Morgan fingerprint density at radius 3 is 2.50 bits per heavy atom. The fourth-order valence-electron chi connectivity index (χ4n) is 3.98. The first kappa shape index (κ1) is 20.4. The number of carbonyl (C=O) groups excluding carboxylic acids is 1. The highest BCUT2D eigenvalue weighted by Gasteiger charge is 2.52. The van der Waals surface area contributed by atoms with Crippen molar-refractivity contribution in [3.63, 3.8) is 0 Å². The van der Waals surface area contributed by atoms with E-state index in [2.05, 4.69) is 6.58 Å². The van der Waals surface area contributed by atoms with Crippen LogP contribution in [-0.4, -0.2) is 14.2 Å². The lowest BCUT2D eigenvalue weighted by Gasteiger charge is -2.40. The van der Waals surface area contributed by atoms with E-state index in [1.807, 2.05) is 6.92 Å². The van der Waals surface area contributed by atoms with Gasteiger partial charge in [-0.2, -0.15) is 0 Å². The number of halogens is 2. The fourth-order valence-corrected chi connectivity index (χ4v) is 6.17. The second-order valence-electron chi connectivity index (χ2n) is 7.33. The van der Waals surface area contributed by atoms with Crippen molar-refractivity contribution in [2.24, 2.45) is 5.92 Å². The van der Waals surface area contributed by atoms with E-state index >= 15 is 0 Å². The Morgan fingerprint density at radius 1 is 1.18 bits per heavy atom. The third-order valence-electron chi connectivity index (χ3n) is 5.52. The van der Waals surface area contributed by atoms with Gasteiger partial charge in [0.2, 0.25) is 0 Å². The highest BCUT2D eigenvalue weighted by molar-refractivity contribution is 7.92. The maximum absolute atomic E-state index is 14.8. The lowest BCUT2D eigenvalue weighted by molar-refractivity contribution is -0.125. The molecule has 6 heteroatoms. The number of benzene rings is 2. The van der Waals surface area contributed by atoms with E-state index in [4.69, 9.17) is 0 Å². The van der Waals surface area contributed by atoms with Gasteiger partial charge in [-0.15, -0.1) is 6.58 Å². The quantitative estimate of drug-likeness (QED) is 0.667.